The fraction of sp³-hybridized carbons (Fsp3) is 0.400. The van der Waals surface area contributed by atoms with E-state index in [2.05, 4.69) is 10.5 Å². The Morgan fingerprint density at radius 2 is 2.32 bits per heavy atom. The highest BCUT2D eigenvalue weighted by molar-refractivity contribution is 7.10. The van der Waals surface area contributed by atoms with Crippen molar-refractivity contribution in [3.63, 3.8) is 0 Å². The van der Waals surface area contributed by atoms with E-state index in [-0.39, 0.29) is 24.4 Å². The van der Waals surface area contributed by atoms with Gasteiger partial charge in [0, 0.05) is 17.0 Å². The highest BCUT2D eigenvalue weighted by Crippen LogP contribution is 2.27. The lowest BCUT2D eigenvalue weighted by molar-refractivity contribution is -0.134. The second-order valence-electron chi connectivity index (χ2n) is 5.38. The minimum atomic E-state index is -0.250. The largest absolute Gasteiger partial charge is 0.360 e. The van der Waals surface area contributed by atoms with E-state index in [0.717, 1.165) is 17.7 Å². The lowest BCUT2D eigenvalue weighted by atomic mass is 10.3. The summed E-state index contributed by atoms with van der Waals surface area (Å²) in [5.74, 6) is 0.753. The molecule has 0 aromatic carbocycles. The van der Waals surface area contributed by atoms with Gasteiger partial charge >= 0.3 is 0 Å². The van der Waals surface area contributed by atoms with Crippen LogP contribution in [0.25, 0.3) is 0 Å². The second kappa shape index (κ2) is 6.31. The topological polar surface area (TPSA) is 75.4 Å². The van der Waals surface area contributed by atoms with E-state index < -0.39 is 0 Å². The smallest absolute Gasteiger partial charge is 0.245 e. The number of nitrogens with one attached hydrogen (secondary N) is 1. The van der Waals surface area contributed by atoms with Crippen LogP contribution in [0.2, 0.25) is 0 Å². The van der Waals surface area contributed by atoms with Gasteiger partial charge in [0.05, 0.1) is 6.42 Å². The molecule has 0 spiro atoms. The van der Waals surface area contributed by atoms with Crippen molar-refractivity contribution in [3.8, 4) is 0 Å². The molecule has 1 fully saturated rings. The Hall–Kier alpha value is -2.15. The van der Waals surface area contributed by atoms with Crippen molar-refractivity contribution < 1.29 is 14.1 Å². The molecule has 0 bridgehead atoms. The molecule has 2 aromatic rings. The number of carbonyl (C=O) groups excluding carboxylic acids is 2. The molecule has 2 heterocycles. The Morgan fingerprint density at radius 1 is 1.50 bits per heavy atom. The molecule has 3 rings (SSSR count). The van der Waals surface area contributed by atoms with Gasteiger partial charge in [-0.1, -0.05) is 11.2 Å². The molecule has 2 amide bonds. The van der Waals surface area contributed by atoms with Gasteiger partial charge in [0.25, 0.3) is 0 Å². The van der Waals surface area contributed by atoms with Crippen molar-refractivity contribution in [2.45, 2.75) is 32.2 Å². The maximum absolute atomic E-state index is 12.4. The Kier molecular flexibility index (Phi) is 4.24. The molecule has 1 aliphatic rings. The number of aryl methyl sites for hydroxylation is 1. The minimum Gasteiger partial charge on any atom is -0.360 e. The van der Waals surface area contributed by atoms with Gasteiger partial charge in [-0.25, -0.2) is 0 Å². The molecular formula is C15H17N3O3S. The first-order chi connectivity index (χ1) is 10.6. The third-order valence-corrected chi connectivity index (χ3v) is 4.30. The number of amides is 2. The molecule has 0 atom stereocenters. The van der Waals surface area contributed by atoms with Crippen LogP contribution in [-0.2, 0) is 16.0 Å². The number of thiophene rings is 1. The average molecular weight is 319 g/mol. The highest BCUT2D eigenvalue weighted by Gasteiger charge is 2.33. The number of carbonyl (C=O) groups is 2. The van der Waals surface area contributed by atoms with Gasteiger partial charge in [-0.2, -0.15) is 0 Å². The first-order valence-electron chi connectivity index (χ1n) is 7.17. The first kappa shape index (κ1) is 14.8. The fourth-order valence-electron chi connectivity index (χ4n) is 2.23. The minimum absolute atomic E-state index is 0.00330. The normalized spacial score (nSPS) is 13.9. The van der Waals surface area contributed by atoms with E-state index in [1.165, 1.54) is 0 Å². The lowest BCUT2D eigenvalue weighted by Gasteiger charge is -2.21. The number of hydrogen-bond acceptors (Lipinski definition) is 5. The quantitative estimate of drug-likeness (QED) is 0.886. The molecule has 6 nitrogen and oxygen atoms in total. The number of anilines is 1. The van der Waals surface area contributed by atoms with E-state index in [1.807, 2.05) is 17.5 Å². The van der Waals surface area contributed by atoms with E-state index in [9.17, 15) is 9.59 Å². The Morgan fingerprint density at radius 3 is 2.91 bits per heavy atom. The summed E-state index contributed by atoms with van der Waals surface area (Å²) >= 11 is 1.55. The van der Waals surface area contributed by atoms with Crippen molar-refractivity contribution in [3.05, 3.63) is 34.2 Å². The molecule has 1 N–H and O–H groups in total. The summed E-state index contributed by atoms with van der Waals surface area (Å²) in [6.45, 7) is 1.81. The van der Waals surface area contributed by atoms with Gasteiger partial charge in [0.1, 0.15) is 12.3 Å². The molecule has 0 radical (unpaired) electrons. The SMILES string of the molecule is Cc1cc(NC(=O)CN(C(=O)Cc2cccs2)C2CC2)no1. The molecule has 0 saturated heterocycles. The van der Waals surface area contributed by atoms with Crippen LogP contribution >= 0.6 is 11.3 Å². The monoisotopic (exact) mass is 319 g/mol. The van der Waals surface area contributed by atoms with Crippen LogP contribution in [0.1, 0.15) is 23.5 Å². The van der Waals surface area contributed by atoms with E-state index in [4.69, 9.17) is 4.52 Å². The van der Waals surface area contributed by atoms with Gasteiger partial charge in [-0.15, -0.1) is 11.3 Å². The first-order valence-corrected chi connectivity index (χ1v) is 8.05. The van der Waals surface area contributed by atoms with Crippen LogP contribution in [0.5, 0.6) is 0 Å². The van der Waals surface area contributed by atoms with Crippen LogP contribution in [0.4, 0.5) is 5.82 Å². The van der Waals surface area contributed by atoms with E-state index in [1.54, 1.807) is 29.2 Å². The number of nitrogens with zero attached hydrogens (tertiary/aromatic N) is 2. The van der Waals surface area contributed by atoms with Crippen molar-refractivity contribution in [2.24, 2.45) is 0 Å². The zero-order chi connectivity index (χ0) is 15.5. The van der Waals surface area contributed by atoms with Gasteiger partial charge in [0.2, 0.25) is 11.8 Å². The zero-order valence-electron chi connectivity index (χ0n) is 12.2. The van der Waals surface area contributed by atoms with Crippen molar-refractivity contribution in [1.29, 1.82) is 0 Å². The van der Waals surface area contributed by atoms with Gasteiger partial charge in [-0.05, 0) is 31.2 Å². The molecule has 22 heavy (non-hydrogen) atoms. The third kappa shape index (κ3) is 3.73. The number of aromatic nitrogens is 1. The van der Waals surface area contributed by atoms with Crippen LogP contribution in [0.3, 0.4) is 0 Å². The highest BCUT2D eigenvalue weighted by atomic mass is 32.1. The summed E-state index contributed by atoms with van der Waals surface area (Å²) in [6.07, 6.45) is 2.28. The summed E-state index contributed by atoms with van der Waals surface area (Å²) in [4.78, 5) is 27.2. The summed E-state index contributed by atoms with van der Waals surface area (Å²) in [7, 11) is 0. The Bertz CT molecular complexity index is 661. The maximum atomic E-state index is 12.4. The summed E-state index contributed by atoms with van der Waals surface area (Å²) < 4.78 is 4.90. The summed E-state index contributed by atoms with van der Waals surface area (Å²) in [6, 6.07) is 5.70. The van der Waals surface area contributed by atoms with Crippen molar-refractivity contribution in [1.82, 2.24) is 10.1 Å². The lowest BCUT2D eigenvalue weighted by Crippen LogP contribution is -2.40. The van der Waals surface area contributed by atoms with Gasteiger partial charge in [0.15, 0.2) is 5.82 Å². The molecule has 0 aliphatic heterocycles. The molecule has 1 saturated carbocycles. The standard InChI is InChI=1S/C15H17N3O3S/c1-10-7-13(17-21-10)16-14(19)9-18(11-4-5-11)15(20)8-12-3-2-6-22-12/h2-3,6-7,11H,4-5,8-9H2,1H3,(H,16,17,19). The fourth-order valence-corrected chi connectivity index (χ4v) is 2.93. The predicted octanol–water partition coefficient (Wildman–Crippen LogP) is 2.22. The summed E-state index contributed by atoms with van der Waals surface area (Å²) in [5, 5.41) is 8.32. The second-order valence-corrected chi connectivity index (χ2v) is 6.41. The number of hydrogen-bond donors (Lipinski definition) is 1. The van der Waals surface area contributed by atoms with Crippen LogP contribution in [0.15, 0.2) is 28.1 Å². The molecule has 1 aliphatic carbocycles. The van der Waals surface area contributed by atoms with Crippen molar-refractivity contribution in [2.75, 3.05) is 11.9 Å². The van der Waals surface area contributed by atoms with Crippen LogP contribution in [-0.4, -0.2) is 34.5 Å². The predicted molar refractivity (Wildman–Crippen MR) is 82.6 cm³/mol. The van der Waals surface area contributed by atoms with E-state index in [0.29, 0.717) is 18.0 Å². The summed E-state index contributed by atoms with van der Waals surface area (Å²) in [5.41, 5.74) is 0. The zero-order valence-corrected chi connectivity index (χ0v) is 13.1. The molecule has 2 aromatic heterocycles. The molecule has 116 valence electrons. The third-order valence-electron chi connectivity index (χ3n) is 3.42. The molecule has 7 heteroatoms. The Labute approximate surface area is 132 Å². The molecular weight excluding hydrogens is 302 g/mol. The maximum Gasteiger partial charge on any atom is 0.245 e. The van der Waals surface area contributed by atoms with Crippen molar-refractivity contribution >= 4 is 29.0 Å². The molecule has 0 unspecified atom stereocenters. The van der Waals surface area contributed by atoms with Gasteiger partial charge in [-0.3, -0.25) is 9.59 Å². The number of rotatable bonds is 6. The average Bonchev–Trinajstić information content (AvgIpc) is 3.04. The Balaban J connectivity index is 1.59. The van der Waals surface area contributed by atoms with Crippen LogP contribution in [0, 0.1) is 6.92 Å². The van der Waals surface area contributed by atoms with Gasteiger partial charge < -0.3 is 14.7 Å². The van der Waals surface area contributed by atoms with Crippen LogP contribution < -0.4 is 5.32 Å². The van der Waals surface area contributed by atoms with E-state index >= 15 is 0 Å².